The maximum atomic E-state index is 6.11. The van der Waals surface area contributed by atoms with Gasteiger partial charge in [0.1, 0.15) is 0 Å². The third kappa shape index (κ3) is 3.80. The predicted octanol–water partition coefficient (Wildman–Crippen LogP) is 4.82. The van der Waals surface area contributed by atoms with E-state index in [2.05, 4.69) is 36.1 Å². The van der Waals surface area contributed by atoms with E-state index in [-0.39, 0.29) is 0 Å². The number of benzene rings is 1. The van der Waals surface area contributed by atoms with E-state index in [0.717, 1.165) is 58.3 Å². The molecule has 5 rings (SSSR count). The van der Waals surface area contributed by atoms with E-state index in [1.54, 1.807) is 16.0 Å². The normalized spacial score (nSPS) is 14.9. The molecule has 1 fully saturated rings. The lowest BCUT2D eigenvalue weighted by Gasteiger charge is -2.21. The van der Waals surface area contributed by atoms with Crippen LogP contribution in [0.2, 0.25) is 0 Å². The van der Waals surface area contributed by atoms with Gasteiger partial charge in [0.25, 0.3) is 5.95 Å². The van der Waals surface area contributed by atoms with Gasteiger partial charge in [0.15, 0.2) is 5.82 Å². The highest BCUT2D eigenvalue weighted by molar-refractivity contribution is 7.19. The fourth-order valence-electron chi connectivity index (χ4n) is 3.69. The molecule has 0 unspecified atom stereocenters. The van der Waals surface area contributed by atoms with Crippen LogP contribution in [0.1, 0.15) is 16.9 Å². The smallest absolute Gasteiger partial charge is 0.253 e. The van der Waals surface area contributed by atoms with Gasteiger partial charge >= 0.3 is 0 Å². The number of nitrogens with zero attached hydrogens (tertiary/aromatic N) is 5. The first-order valence-electron chi connectivity index (χ1n) is 10.0. The molecule has 0 radical (unpaired) electrons. The van der Waals surface area contributed by atoms with Crippen LogP contribution in [-0.2, 0) is 10.6 Å². The number of rotatable bonds is 4. The number of aryl methyl sites for hydroxylation is 1. The second-order valence-corrected chi connectivity index (χ2v) is 8.78. The molecular formula is C22H22ClN5OS. The molecule has 0 amide bonds. The molecule has 3 aromatic heterocycles. The molecule has 0 saturated carbocycles. The number of alkyl halides is 1. The van der Waals surface area contributed by atoms with Crippen LogP contribution in [0.15, 0.2) is 42.6 Å². The van der Waals surface area contributed by atoms with E-state index in [0.29, 0.717) is 18.4 Å². The van der Waals surface area contributed by atoms with Crippen LogP contribution in [0.5, 0.6) is 0 Å². The number of thiophene rings is 1. The van der Waals surface area contributed by atoms with Crippen molar-refractivity contribution in [1.29, 1.82) is 0 Å². The maximum absolute atomic E-state index is 6.11. The molecule has 0 N–H and O–H groups in total. The SMILES string of the molecule is Cc1cccc(-c2ccn(-c3nc(N4CCCOCC4)c4sc(CCl)cc4n3)n2)c1. The summed E-state index contributed by atoms with van der Waals surface area (Å²) in [5.41, 5.74) is 4.10. The lowest BCUT2D eigenvalue weighted by molar-refractivity contribution is 0.152. The Morgan fingerprint density at radius 1 is 1.13 bits per heavy atom. The summed E-state index contributed by atoms with van der Waals surface area (Å²) in [7, 11) is 0. The van der Waals surface area contributed by atoms with Gasteiger partial charge in [-0.15, -0.1) is 22.9 Å². The minimum absolute atomic E-state index is 0.470. The number of hydrogen-bond donors (Lipinski definition) is 0. The van der Waals surface area contributed by atoms with Gasteiger partial charge in [0.05, 0.1) is 28.4 Å². The van der Waals surface area contributed by atoms with Gasteiger partial charge in [-0.25, -0.2) is 9.67 Å². The van der Waals surface area contributed by atoms with Crippen molar-refractivity contribution in [3.63, 3.8) is 0 Å². The third-order valence-corrected chi connectivity index (χ3v) is 6.72. The zero-order valence-electron chi connectivity index (χ0n) is 16.7. The topological polar surface area (TPSA) is 56.1 Å². The lowest BCUT2D eigenvalue weighted by Crippen LogP contribution is -2.27. The highest BCUT2D eigenvalue weighted by Crippen LogP contribution is 2.34. The van der Waals surface area contributed by atoms with Crippen LogP contribution in [0.25, 0.3) is 27.4 Å². The molecule has 30 heavy (non-hydrogen) atoms. The standard InChI is InChI=1S/C22H22ClN5OS/c1-15-4-2-5-16(12-15)18-6-8-28(26-18)22-24-19-13-17(14-23)30-20(19)21(25-22)27-7-3-10-29-11-9-27/h2,4-6,8,12-13H,3,7,9-11,14H2,1H3. The molecule has 1 aromatic carbocycles. The van der Waals surface area contributed by atoms with Gasteiger partial charge in [-0.3, -0.25) is 0 Å². The number of hydrogen-bond acceptors (Lipinski definition) is 6. The largest absolute Gasteiger partial charge is 0.380 e. The van der Waals surface area contributed by atoms with E-state index >= 15 is 0 Å². The Morgan fingerprint density at radius 3 is 2.93 bits per heavy atom. The van der Waals surface area contributed by atoms with Crippen molar-refractivity contribution in [2.24, 2.45) is 0 Å². The second-order valence-electron chi connectivity index (χ2n) is 7.38. The lowest BCUT2D eigenvalue weighted by atomic mass is 10.1. The zero-order valence-corrected chi connectivity index (χ0v) is 18.3. The van der Waals surface area contributed by atoms with Gasteiger partial charge in [-0.05, 0) is 31.5 Å². The summed E-state index contributed by atoms with van der Waals surface area (Å²) in [4.78, 5) is 13.1. The van der Waals surface area contributed by atoms with E-state index in [1.165, 1.54) is 5.56 Å². The quantitative estimate of drug-likeness (QED) is 0.427. The van der Waals surface area contributed by atoms with Crippen LogP contribution in [0.3, 0.4) is 0 Å². The van der Waals surface area contributed by atoms with Crippen molar-refractivity contribution < 1.29 is 4.74 Å². The minimum atomic E-state index is 0.470. The van der Waals surface area contributed by atoms with Gasteiger partial charge < -0.3 is 9.64 Å². The van der Waals surface area contributed by atoms with Gasteiger partial charge in [0.2, 0.25) is 0 Å². The van der Waals surface area contributed by atoms with Crippen LogP contribution in [0.4, 0.5) is 5.82 Å². The fraction of sp³-hybridized carbons (Fsp3) is 0.318. The van der Waals surface area contributed by atoms with Crippen LogP contribution >= 0.6 is 22.9 Å². The molecule has 0 spiro atoms. The summed E-state index contributed by atoms with van der Waals surface area (Å²) < 4.78 is 8.47. The Hall–Kier alpha value is -2.48. The average molecular weight is 440 g/mol. The summed E-state index contributed by atoms with van der Waals surface area (Å²) in [6.45, 7) is 5.29. The summed E-state index contributed by atoms with van der Waals surface area (Å²) >= 11 is 7.78. The van der Waals surface area contributed by atoms with Crippen molar-refractivity contribution in [3.05, 3.63) is 53.0 Å². The third-order valence-electron chi connectivity index (χ3n) is 5.15. The van der Waals surface area contributed by atoms with Crippen molar-refractivity contribution >= 4 is 39.0 Å². The fourth-order valence-corrected chi connectivity index (χ4v) is 4.89. The van der Waals surface area contributed by atoms with Crippen molar-refractivity contribution in [1.82, 2.24) is 19.7 Å². The summed E-state index contributed by atoms with van der Waals surface area (Å²) in [6, 6.07) is 12.4. The Kier molecular flexibility index (Phi) is 5.41. The van der Waals surface area contributed by atoms with E-state index in [4.69, 9.17) is 31.4 Å². The number of ether oxygens (including phenoxy) is 1. The molecule has 0 bridgehead atoms. The van der Waals surface area contributed by atoms with Crippen LogP contribution in [-0.4, -0.2) is 46.1 Å². The Bertz CT molecular complexity index is 1180. The number of anilines is 1. The van der Waals surface area contributed by atoms with E-state index < -0.39 is 0 Å². The van der Waals surface area contributed by atoms with Gasteiger partial charge in [-0.2, -0.15) is 10.1 Å². The number of fused-ring (bicyclic) bond motifs is 1. The molecule has 154 valence electrons. The van der Waals surface area contributed by atoms with Gasteiger partial charge in [-0.1, -0.05) is 23.8 Å². The van der Waals surface area contributed by atoms with Crippen molar-refractivity contribution in [3.8, 4) is 17.2 Å². The summed E-state index contributed by atoms with van der Waals surface area (Å²) in [5.74, 6) is 1.98. The highest BCUT2D eigenvalue weighted by atomic mass is 35.5. The molecule has 4 aromatic rings. The zero-order chi connectivity index (χ0) is 20.5. The summed E-state index contributed by atoms with van der Waals surface area (Å²) in [5, 5.41) is 4.76. The Morgan fingerprint density at radius 2 is 2.07 bits per heavy atom. The maximum Gasteiger partial charge on any atom is 0.253 e. The van der Waals surface area contributed by atoms with Crippen LogP contribution in [0, 0.1) is 6.92 Å². The molecule has 1 saturated heterocycles. The monoisotopic (exact) mass is 439 g/mol. The molecule has 4 heterocycles. The molecule has 0 aliphatic carbocycles. The Balaban J connectivity index is 1.59. The predicted molar refractivity (Wildman–Crippen MR) is 122 cm³/mol. The molecule has 6 nitrogen and oxygen atoms in total. The van der Waals surface area contributed by atoms with Crippen LogP contribution < -0.4 is 4.90 Å². The molecule has 1 aliphatic rings. The molecular weight excluding hydrogens is 418 g/mol. The highest BCUT2D eigenvalue weighted by Gasteiger charge is 2.20. The van der Waals surface area contributed by atoms with Crippen molar-refractivity contribution in [2.45, 2.75) is 19.2 Å². The Labute approximate surface area is 184 Å². The number of aromatic nitrogens is 4. The second kappa shape index (κ2) is 8.34. The van der Waals surface area contributed by atoms with E-state index in [1.807, 2.05) is 18.3 Å². The minimum Gasteiger partial charge on any atom is -0.380 e. The van der Waals surface area contributed by atoms with E-state index in [9.17, 15) is 0 Å². The first kappa shape index (κ1) is 19.5. The van der Waals surface area contributed by atoms with Gasteiger partial charge in [0, 0.05) is 36.3 Å². The molecule has 8 heteroatoms. The molecule has 1 aliphatic heterocycles. The first-order valence-corrected chi connectivity index (χ1v) is 11.4. The molecule has 0 atom stereocenters. The number of halogens is 1. The summed E-state index contributed by atoms with van der Waals surface area (Å²) in [6.07, 6.45) is 2.90. The average Bonchev–Trinajstić information content (AvgIpc) is 3.33. The first-order chi connectivity index (χ1) is 14.7. The van der Waals surface area contributed by atoms with Crippen molar-refractivity contribution in [2.75, 3.05) is 31.2 Å².